The quantitative estimate of drug-likeness (QED) is 0.519. The molecule has 0 bridgehead atoms. The van der Waals surface area contributed by atoms with Crippen LogP contribution in [0.1, 0.15) is 5.56 Å². The number of alkyl halides is 1. The summed E-state index contributed by atoms with van der Waals surface area (Å²) in [5, 5.41) is 1.99. The second kappa shape index (κ2) is 4.29. The molecule has 4 heteroatoms. The number of rotatable bonds is 1. The van der Waals surface area contributed by atoms with Gasteiger partial charge in [0.05, 0.1) is 5.52 Å². The van der Waals surface area contributed by atoms with Gasteiger partial charge in [-0.2, -0.15) is 0 Å². The van der Waals surface area contributed by atoms with Crippen molar-refractivity contribution in [3.63, 3.8) is 0 Å². The van der Waals surface area contributed by atoms with Crippen LogP contribution in [0.4, 0.5) is 0 Å². The summed E-state index contributed by atoms with van der Waals surface area (Å²) in [5.74, 6) is 0. The predicted octanol–water partition coefficient (Wildman–Crippen LogP) is 4.65. The van der Waals surface area contributed by atoms with Gasteiger partial charge in [-0.15, -0.1) is 0 Å². The number of pyridine rings is 1. The maximum atomic E-state index is 4.41. The Morgan fingerprint density at radius 3 is 2.64 bits per heavy atom. The van der Waals surface area contributed by atoms with Crippen LogP contribution in [0.2, 0.25) is 0 Å². The van der Waals surface area contributed by atoms with Crippen LogP contribution in [0, 0.1) is 0 Å². The molecule has 0 saturated heterocycles. The Balaban J connectivity index is 2.75. The summed E-state index contributed by atoms with van der Waals surface area (Å²) in [6.45, 7) is 0. The van der Waals surface area contributed by atoms with Gasteiger partial charge in [0.15, 0.2) is 0 Å². The molecule has 72 valence electrons. The molecule has 1 nitrogen and oxygen atoms in total. The second-order valence-corrected chi connectivity index (χ2v) is 5.14. The number of benzene rings is 1. The Kier molecular flexibility index (Phi) is 3.24. The Labute approximate surface area is 107 Å². The summed E-state index contributed by atoms with van der Waals surface area (Å²) in [6.07, 6.45) is 0. The van der Waals surface area contributed by atoms with Crippen molar-refractivity contribution in [2.45, 2.75) is 5.33 Å². The molecule has 2 aromatic rings. The highest BCUT2D eigenvalue weighted by Gasteiger charge is 2.02. The van der Waals surface area contributed by atoms with E-state index < -0.39 is 0 Å². The molecule has 0 unspecified atom stereocenters. The third kappa shape index (κ3) is 2.02. The number of hydrogen-bond acceptors (Lipinski definition) is 1. The van der Waals surface area contributed by atoms with E-state index in [1.54, 1.807) is 0 Å². The summed E-state index contributed by atoms with van der Waals surface area (Å²) in [5.41, 5.74) is 2.23. The van der Waals surface area contributed by atoms with Gasteiger partial charge in [-0.1, -0.05) is 28.1 Å². The van der Waals surface area contributed by atoms with Gasteiger partial charge in [0, 0.05) is 15.2 Å². The first-order chi connectivity index (χ1) is 6.70. The van der Waals surface area contributed by atoms with Gasteiger partial charge in [0.2, 0.25) is 0 Å². The molecular formula is C10H6Br3N. The Bertz CT molecular complexity index is 482. The minimum atomic E-state index is 0.851. The minimum absolute atomic E-state index is 0.851. The van der Waals surface area contributed by atoms with Gasteiger partial charge in [0.1, 0.15) is 4.60 Å². The summed E-state index contributed by atoms with van der Waals surface area (Å²) in [6, 6.07) is 8.21. The number of nitrogens with zero attached hydrogens (tertiary/aromatic N) is 1. The number of aromatic nitrogens is 1. The summed E-state index contributed by atoms with van der Waals surface area (Å²) in [7, 11) is 0. The van der Waals surface area contributed by atoms with Gasteiger partial charge >= 0.3 is 0 Å². The zero-order chi connectivity index (χ0) is 10.1. The number of fused-ring (bicyclic) bond motifs is 1. The van der Waals surface area contributed by atoms with Crippen LogP contribution in [0.25, 0.3) is 10.9 Å². The van der Waals surface area contributed by atoms with Crippen molar-refractivity contribution in [3.8, 4) is 0 Å². The molecule has 2 rings (SSSR count). The van der Waals surface area contributed by atoms with E-state index in [4.69, 9.17) is 0 Å². The van der Waals surface area contributed by atoms with Crippen LogP contribution in [0.3, 0.4) is 0 Å². The molecule has 14 heavy (non-hydrogen) atoms. The van der Waals surface area contributed by atoms with E-state index in [0.717, 1.165) is 25.3 Å². The van der Waals surface area contributed by atoms with Crippen LogP contribution >= 0.6 is 47.8 Å². The molecule has 0 N–H and O–H groups in total. The molecule has 0 saturated carbocycles. The fourth-order valence-electron chi connectivity index (χ4n) is 1.28. The summed E-state index contributed by atoms with van der Waals surface area (Å²) in [4.78, 5) is 4.41. The highest BCUT2D eigenvalue weighted by molar-refractivity contribution is 9.11. The Morgan fingerprint density at radius 1 is 1.14 bits per heavy atom. The Morgan fingerprint density at radius 2 is 1.93 bits per heavy atom. The van der Waals surface area contributed by atoms with Crippen LogP contribution < -0.4 is 0 Å². The molecule has 0 spiro atoms. The standard InChI is InChI=1S/C10H6Br3N/c11-5-6-1-2-7-8(12)4-10(13)14-9(7)3-6/h1-4H,5H2. The third-order valence-corrected chi connectivity index (χ3v) is 3.66. The molecule has 0 atom stereocenters. The summed E-state index contributed by atoms with van der Waals surface area (Å²) < 4.78 is 1.92. The first kappa shape index (κ1) is 10.6. The molecule has 0 amide bonds. The highest BCUT2D eigenvalue weighted by atomic mass is 79.9. The van der Waals surface area contributed by atoms with Crippen LogP contribution in [-0.2, 0) is 5.33 Å². The maximum absolute atomic E-state index is 4.41. The van der Waals surface area contributed by atoms with Gasteiger partial charge in [-0.25, -0.2) is 4.98 Å². The van der Waals surface area contributed by atoms with E-state index in [0.29, 0.717) is 0 Å². The zero-order valence-electron chi connectivity index (χ0n) is 7.10. The Hall–Kier alpha value is 0.0700. The average Bonchev–Trinajstić information content (AvgIpc) is 2.16. The van der Waals surface area contributed by atoms with Crippen molar-refractivity contribution in [2.24, 2.45) is 0 Å². The van der Waals surface area contributed by atoms with E-state index in [9.17, 15) is 0 Å². The van der Waals surface area contributed by atoms with Crippen molar-refractivity contribution >= 4 is 58.7 Å². The first-order valence-corrected chi connectivity index (χ1v) is 6.72. The SMILES string of the molecule is BrCc1ccc2c(Br)cc(Br)nc2c1. The highest BCUT2D eigenvalue weighted by Crippen LogP contribution is 2.26. The van der Waals surface area contributed by atoms with Crippen molar-refractivity contribution in [2.75, 3.05) is 0 Å². The first-order valence-electron chi connectivity index (χ1n) is 4.01. The minimum Gasteiger partial charge on any atom is -0.241 e. The molecule has 0 radical (unpaired) electrons. The molecular weight excluding hydrogens is 374 g/mol. The smallest absolute Gasteiger partial charge is 0.107 e. The normalized spacial score (nSPS) is 10.8. The van der Waals surface area contributed by atoms with Crippen LogP contribution in [-0.4, -0.2) is 4.98 Å². The van der Waals surface area contributed by atoms with Gasteiger partial charge in [-0.05, 0) is 49.6 Å². The maximum Gasteiger partial charge on any atom is 0.107 e. The second-order valence-electron chi connectivity index (χ2n) is 2.91. The van der Waals surface area contributed by atoms with E-state index >= 15 is 0 Å². The van der Waals surface area contributed by atoms with Crippen molar-refractivity contribution in [3.05, 3.63) is 38.9 Å². The lowest BCUT2D eigenvalue weighted by atomic mass is 10.1. The third-order valence-electron chi connectivity index (χ3n) is 1.95. The largest absolute Gasteiger partial charge is 0.241 e. The van der Waals surface area contributed by atoms with E-state index in [-0.39, 0.29) is 0 Å². The monoisotopic (exact) mass is 377 g/mol. The van der Waals surface area contributed by atoms with Gasteiger partial charge < -0.3 is 0 Å². The fourth-order valence-corrected chi connectivity index (χ4v) is 2.91. The fraction of sp³-hybridized carbons (Fsp3) is 0.100. The van der Waals surface area contributed by atoms with Crippen LogP contribution in [0.5, 0.6) is 0 Å². The topological polar surface area (TPSA) is 12.9 Å². The van der Waals surface area contributed by atoms with E-state index in [1.807, 2.05) is 6.07 Å². The molecule has 0 aliphatic rings. The van der Waals surface area contributed by atoms with Crippen molar-refractivity contribution < 1.29 is 0 Å². The summed E-state index contributed by atoms with van der Waals surface area (Å²) >= 11 is 10.3. The lowest BCUT2D eigenvalue weighted by Gasteiger charge is -2.03. The predicted molar refractivity (Wildman–Crippen MR) is 69.8 cm³/mol. The zero-order valence-corrected chi connectivity index (χ0v) is 11.9. The number of hydrogen-bond donors (Lipinski definition) is 0. The van der Waals surface area contributed by atoms with E-state index in [1.165, 1.54) is 5.56 Å². The molecule has 1 heterocycles. The average molecular weight is 380 g/mol. The molecule has 1 aromatic carbocycles. The van der Waals surface area contributed by atoms with Gasteiger partial charge in [0.25, 0.3) is 0 Å². The molecule has 0 aliphatic heterocycles. The molecule has 0 aliphatic carbocycles. The lowest BCUT2D eigenvalue weighted by molar-refractivity contribution is 1.32. The van der Waals surface area contributed by atoms with Gasteiger partial charge in [-0.3, -0.25) is 0 Å². The molecule has 0 fully saturated rings. The van der Waals surface area contributed by atoms with Crippen LogP contribution in [0.15, 0.2) is 33.3 Å². The number of halogens is 3. The molecule has 1 aromatic heterocycles. The van der Waals surface area contributed by atoms with Crippen molar-refractivity contribution in [1.29, 1.82) is 0 Å². The lowest BCUT2D eigenvalue weighted by Crippen LogP contribution is -1.84. The van der Waals surface area contributed by atoms with Crippen molar-refractivity contribution in [1.82, 2.24) is 4.98 Å². The van der Waals surface area contributed by atoms with E-state index in [2.05, 4.69) is 71.0 Å².